The lowest BCUT2D eigenvalue weighted by atomic mass is 9.97. The maximum atomic E-state index is 12.9. The fraction of sp³-hybridized carbons (Fsp3) is 0.722. The Morgan fingerprint density at radius 3 is 2.72 bits per heavy atom. The van der Waals surface area contributed by atoms with Gasteiger partial charge < -0.3 is 15.5 Å². The Morgan fingerprint density at radius 1 is 1.28 bits per heavy atom. The Balaban J connectivity index is 1.57. The van der Waals surface area contributed by atoms with E-state index in [9.17, 15) is 9.59 Å². The number of carbonyl (C=O) groups is 2. The van der Waals surface area contributed by atoms with Gasteiger partial charge >= 0.3 is 0 Å². The number of aryl methyl sites for hydroxylation is 2. The number of nitrogens with one attached hydrogen (secondary N) is 2. The van der Waals surface area contributed by atoms with E-state index in [0.717, 1.165) is 55.7 Å². The van der Waals surface area contributed by atoms with Crippen LogP contribution in [-0.2, 0) is 11.8 Å². The summed E-state index contributed by atoms with van der Waals surface area (Å²) in [5.74, 6) is 0.483. The Labute approximate surface area is 149 Å². The van der Waals surface area contributed by atoms with Crippen molar-refractivity contribution in [3.05, 3.63) is 17.0 Å². The van der Waals surface area contributed by atoms with Gasteiger partial charge in [-0.15, -0.1) is 0 Å². The van der Waals surface area contributed by atoms with E-state index in [-0.39, 0.29) is 17.9 Å². The molecule has 2 aliphatic heterocycles. The average molecular weight is 347 g/mol. The van der Waals surface area contributed by atoms with Crippen molar-refractivity contribution < 1.29 is 9.59 Å². The number of carbonyl (C=O) groups excluding carboxylic acids is 2. The molecule has 2 amide bonds. The maximum Gasteiger partial charge on any atom is 0.257 e. The highest BCUT2D eigenvalue weighted by Crippen LogP contribution is 2.21. The van der Waals surface area contributed by atoms with Crippen molar-refractivity contribution in [3.8, 4) is 0 Å². The van der Waals surface area contributed by atoms with Crippen molar-refractivity contribution in [3.63, 3.8) is 0 Å². The summed E-state index contributed by atoms with van der Waals surface area (Å²) in [5.41, 5.74) is 2.42. The summed E-state index contributed by atoms with van der Waals surface area (Å²) in [6, 6.07) is -0.0398. The first-order chi connectivity index (χ1) is 12.0. The van der Waals surface area contributed by atoms with Crippen LogP contribution in [-0.4, -0.2) is 58.7 Å². The lowest BCUT2D eigenvalue weighted by Crippen LogP contribution is -2.46. The predicted octanol–water partition coefficient (Wildman–Crippen LogP) is 0.757. The number of rotatable bonds is 4. The third-order valence-electron chi connectivity index (χ3n) is 5.47. The Bertz CT molecular complexity index is 648. The van der Waals surface area contributed by atoms with Crippen LogP contribution in [0.15, 0.2) is 0 Å². The van der Waals surface area contributed by atoms with Gasteiger partial charge in [0.1, 0.15) is 0 Å². The largest absolute Gasteiger partial charge is 0.354 e. The minimum Gasteiger partial charge on any atom is -0.354 e. The van der Waals surface area contributed by atoms with Crippen LogP contribution >= 0.6 is 0 Å². The molecule has 2 aliphatic rings. The summed E-state index contributed by atoms with van der Waals surface area (Å²) in [6.45, 7) is 6.87. The number of hydrogen-bond donors (Lipinski definition) is 2. The first kappa shape index (κ1) is 17.9. The fourth-order valence-electron chi connectivity index (χ4n) is 3.93. The van der Waals surface area contributed by atoms with Gasteiger partial charge in [-0.1, -0.05) is 0 Å². The summed E-state index contributed by atoms with van der Waals surface area (Å²) in [4.78, 5) is 27.0. The standard InChI is InChI=1S/C18H29N5O2/c1-12-16(13(2)22(3)21-12)18(25)23-9-5-6-14(11-23)10-20-17(24)15-7-4-8-19-15/h14-15,19H,4-11H2,1-3H3,(H,20,24). The molecule has 2 fully saturated rings. The van der Waals surface area contributed by atoms with Gasteiger partial charge in [-0.2, -0.15) is 5.10 Å². The third kappa shape index (κ3) is 3.86. The van der Waals surface area contributed by atoms with Crippen molar-refractivity contribution in [1.82, 2.24) is 25.3 Å². The molecule has 1 aromatic rings. The molecule has 3 heterocycles. The zero-order valence-corrected chi connectivity index (χ0v) is 15.5. The zero-order valence-electron chi connectivity index (χ0n) is 15.5. The van der Waals surface area contributed by atoms with Crippen LogP contribution in [0, 0.1) is 19.8 Å². The summed E-state index contributed by atoms with van der Waals surface area (Å²) < 4.78 is 1.76. The normalized spacial score (nSPS) is 23.7. The quantitative estimate of drug-likeness (QED) is 0.843. The zero-order chi connectivity index (χ0) is 18.0. The molecule has 0 aromatic carbocycles. The van der Waals surface area contributed by atoms with E-state index in [0.29, 0.717) is 19.0 Å². The van der Waals surface area contributed by atoms with Gasteiger partial charge in [-0.25, -0.2) is 0 Å². The maximum absolute atomic E-state index is 12.9. The molecule has 0 aliphatic carbocycles. The molecule has 3 rings (SSSR count). The first-order valence-corrected chi connectivity index (χ1v) is 9.28. The molecule has 2 saturated heterocycles. The molecule has 25 heavy (non-hydrogen) atoms. The van der Waals surface area contributed by atoms with Crippen LogP contribution in [0.2, 0.25) is 0 Å². The highest BCUT2D eigenvalue weighted by atomic mass is 16.2. The van der Waals surface area contributed by atoms with Gasteiger partial charge in [-0.3, -0.25) is 14.3 Å². The van der Waals surface area contributed by atoms with Crippen molar-refractivity contribution in [2.75, 3.05) is 26.2 Å². The van der Waals surface area contributed by atoms with Crippen LogP contribution in [0.4, 0.5) is 0 Å². The molecule has 2 atom stereocenters. The van der Waals surface area contributed by atoms with Crippen LogP contribution in [0.5, 0.6) is 0 Å². The highest BCUT2D eigenvalue weighted by Gasteiger charge is 2.29. The second-order valence-electron chi connectivity index (χ2n) is 7.32. The van der Waals surface area contributed by atoms with E-state index >= 15 is 0 Å². The smallest absolute Gasteiger partial charge is 0.257 e. The Morgan fingerprint density at radius 2 is 2.08 bits per heavy atom. The molecule has 0 saturated carbocycles. The lowest BCUT2D eigenvalue weighted by Gasteiger charge is -2.33. The van der Waals surface area contributed by atoms with Crippen molar-refractivity contribution >= 4 is 11.8 Å². The second-order valence-corrected chi connectivity index (χ2v) is 7.32. The molecule has 7 nitrogen and oxygen atoms in total. The van der Waals surface area contributed by atoms with E-state index in [1.165, 1.54) is 0 Å². The van der Waals surface area contributed by atoms with Crippen LogP contribution in [0.3, 0.4) is 0 Å². The molecular weight excluding hydrogens is 318 g/mol. The number of nitrogens with zero attached hydrogens (tertiary/aromatic N) is 3. The summed E-state index contributed by atoms with van der Waals surface area (Å²) >= 11 is 0. The van der Waals surface area contributed by atoms with Gasteiger partial charge in [0.15, 0.2) is 0 Å². The van der Waals surface area contributed by atoms with E-state index < -0.39 is 0 Å². The summed E-state index contributed by atoms with van der Waals surface area (Å²) in [7, 11) is 1.87. The van der Waals surface area contributed by atoms with Gasteiger partial charge in [0, 0.05) is 32.4 Å². The molecule has 2 N–H and O–H groups in total. The van der Waals surface area contributed by atoms with Gasteiger partial charge in [-0.05, 0) is 52.0 Å². The molecule has 2 unspecified atom stereocenters. The molecule has 1 aromatic heterocycles. The fourth-order valence-corrected chi connectivity index (χ4v) is 3.93. The molecule has 138 valence electrons. The SMILES string of the molecule is Cc1nn(C)c(C)c1C(=O)N1CCCC(CNC(=O)C2CCCN2)C1. The van der Waals surface area contributed by atoms with Crippen molar-refractivity contribution in [2.45, 2.75) is 45.6 Å². The molecule has 0 radical (unpaired) electrons. The molecular formula is C18H29N5O2. The number of piperidine rings is 1. The minimum absolute atomic E-state index is 0.0398. The topological polar surface area (TPSA) is 79.3 Å². The second kappa shape index (κ2) is 7.56. The van der Waals surface area contributed by atoms with Gasteiger partial charge in [0.05, 0.1) is 17.3 Å². The first-order valence-electron chi connectivity index (χ1n) is 9.28. The predicted molar refractivity (Wildman–Crippen MR) is 95.3 cm³/mol. The molecule has 0 spiro atoms. The van der Waals surface area contributed by atoms with E-state index in [4.69, 9.17) is 0 Å². The Kier molecular flexibility index (Phi) is 5.42. The van der Waals surface area contributed by atoms with Crippen LogP contribution in [0.1, 0.15) is 47.4 Å². The number of aromatic nitrogens is 2. The van der Waals surface area contributed by atoms with Crippen molar-refractivity contribution in [2.24, 2.45) is 13.0 Å². The summed E-state index contributed by atoms with van der Waals surface area (Å²) in [6.07, 6.45) is 4.01. The molecule has 7 heteroatoms. The highest BCUT2D eigenvalue weighted by molar-refractivity contribution is 5.96. The third-order valence-corrected chi connectivity index (χ3v) is 5.47. The number of hydrogen-bond acceptors (Lipinski definition) is 4. The number of amides is 2. The van der Waals surface area contributed by atoms with Crippen LogP contribution < -0.4 is 10.6 Å². The Hall–Kier alpha value is -1.89. The monoisotopic (exact) mass is 347 g/mol. The van der Waals surface area contributed by atoms with E-state index in [2.05, 4.69) is 15.7 Å². The van der Waals surface area contributed by atoms with Gasteiger partial charge in [0.25, 0.3) is 5.91 Å². The van der Waals surface area contributed by atoms with E-state index in [1.807, 2.05) is 25.8 Å². The van der Waals surface area contributed by atoms with Crippen molar-refractivity contribution in [1.29, 1.82) is 0 Å². The lowest BCUT2D eigenvalue weighted by molar-refractivity contribution is -0.123. The summed E-state index contributed by atoms with van der Waals surface area (Å²) in [5, 5.41) is 10.6. The van der Waals surface area contributed by atoms with Crippen LogP contribution in [0.25, 0.3) is 0 Å². The van der Waals surface area contributed by atoms with E-state index in [1.54, 1.807) is 4.68 Å². The average Bonchev–Trinajstić information content (AvgIpc) is 3.22. The number of likely N-dealkylation sites (tertiary alicyclic amines) is 1. The molecule has 0 bridgehead atoms. The minimum atomic E-state index is -0.0398. The van der Waals surface area contributed by atoms with Gasteiger partial charge in [0.2, 0.25) is 5.91 Å².